The van der Waals surface area contributed by atoms with Gasteiger partial charge >= 0.3 is 0 Å². The first-order chi connectivity index (χ1) is 8.20. The molecule has 0 bridgehead atoms. The van der Waals surface area contributed by atoms with Gasteiger partial charge in [-0.15, -0.1) is 0 Å². The number of nitrogen functional groups attached to an aromatic ring is 1. The van der Waals surface area contributed by atoms with Gasteiger partial charge < -0.3 is 15.5 Å². The van der Waals surface area contributed by atoms with E-state index in [1.807, 2.05) is 18.2 Å². The maximum absolute atomic E-state index is 5.71. The van der Waals surface area contributed by atoms with Crippen LogP contribution < -0.4 is 11.1 Å². The first kappa shape index (κ1) is 10.4. The Bertz CT molecular complexity index is 534. The van der Waals surface area contributed by atoms with Gasteiger partial charge in [-0.25, -0.2) is 0 Å². The van der Waals surface area contributed by atoms with Crippen molar-refractivity contribution in [1.82, 2.24) is 4.98 Å². The molecule has 0 spiro atoms. The quantitative estimate of drug-likeness (QED) is 0.780. The Morgan fingerprint density at radius 1 is 1.41 bits per heavy atom. The average Bonchev–Trinajstić information content (AvgIpc) is 2.84. The highest BCUT2D eigenvalue weighted by Crippen LogP contribution is 2.28. The lowest BCUT2D eigenvalue weighted by atomic mass is 10.1. The number of anilines is 2. The zero-order chi connectivity index (χ0) is 11.8. The van der Waals surface area contributed by atoms with E-state index < -0.39 is 0 Å². The van der Waals surface area contributed by atoms with Crippen LogP contribution in [0.25, 0.3) is 11.1 Å². The number of nitrogens with one attached hydrogen (secondary N) is 1. The molecule has 1 aromatic heterocycles. The van der Waals surface area contributed by atoms with Gasteiger partial charge in [-0.05, 0) is 43.4 Å². The van der Waals surface area contributed by atoms with Crippen molar-refractivity contribution in [1.29, 1.82) is 0 Å². The Hall–Kier alpha value is -1.71. The van der Waals surface area contributed by atoms with Crippen molar-refractivity contribution < 1.29 is 4.42 Å². The van der Waals surface area contributed by atoms with Crippen LogP contribution in [0.3, 0.4) is 0 Å². The number of hydrogen-bond acceptors (Lipinski definition) is 4. The molecule has 1 aromatic carbocycles. The summed E-state index contributed by atoms with van der Waals surface area (Å²) >= 11 is 0. The molecule has 3 N–H and O–H groups in total. The molecule has 4 nitrogen and oxygen atoms in total. The summed E-state index contributed by atoms with van der Waals surface area (Å²) in [6.07, 6.45) is 3.67. The van der Waals surface area contributed by atoms with Crippen molar-refractivity contribution in [3.63, 3.8) is 0 Å². The van der Waals surface area contributed by atoms with Gasteiger partial charge in [0.25, 0.3) is 6.01 Å². The number of fused-ring (bicyclic) bond motifs is 1. The van der Waals surface area contributed by atoms with Gasteiger partial charge in [0.05, 0.1) is 0 Å². The summed E-state index contributed by atoms with van der Waals surface area (Å²) < 4.78 is 5.64. The number of benzene rings is 1. The number of nitrogens with zero attached hydrogens (tertiary/aromatic N) is 1. The molecule has 17 heavy (non-hydrogen) atoms. The van der Waals surface area contributed by atoms with Crippen LogP contribution in [0, 0.1) is 5.92 Å². The van der Waals surface area contributed by atoms with Gasteiger partial charge in [-0.1, -0.05) is 6.92 Å². The lowest BCUT2D eigenvalue weighted by Crippen LogP contribution is -2.15. The van der Waals surface area contributed by atoms with Crippen LogP contribution >= 0.6 is 0 Å². The maximum Gasteiger partial charge on any atom is 0.295 e. The highest BCUT2D eigenvalue weighted by molar-refractivity contribution is 5.78. The van der Waals surface area contributed by atoms with Crippen molar-refractivity contribution in [2.24, 2.45) is 5.92 Å². The van der Waals surface area contributed by atoms with Gasteiger partial charge in [0, 0.05) is 11.7 Å². The smallest absolute Gasteiger partial charge is 0.295 e. The molecule has 1 aliphatic rings. The standard InChI is InChI=1S/C13H17N3O/c1-8-2-4-10(6-8)15-13-16-11-7-9(14)3-5-12(11)17-13/h3,5,7-8,10H,2,4,6,14H2,1H3,(H,15,16). The molecule has 2 unspecified atom stereocenters. The molecule has 1 fully saturated rings. The number of oxazole rings is 1. The summed E-state index contributed by atoms with van der Waals surface area (Å²) in [6, 6.07) is 6.64. The molecule has 2 aromatic rings. The van der Waals surface area contributed by atoms with Crippen molar-refractivity contribution in [3.8, 4) is 0 Å². The van der Waals surface area contributed by atoms with Crippen LogP contribution in [0.4, 0.5) is 11.7 Å². The van der Waals surface area contributed by atoms with Crippen LogP contribution in [-0.4, -0.2) is 11.0 Å². The zero-order valence-electron chi connectivity index (χ0n) is 9.94. The fourth-order valence-electron chi connectivity index (χ4n) is 2.52. The van der Waals surface area contributed by atoms with Gasteiger partial charge in [0.2, 0.25) is 0 Å². The number of aromatic nitrogens is 1. The minimum Gasteiger partial charge on any atom is -0.424 e. The van der Waals surface area contributed by atoms with Crippen LogP contribution in [-0.2, 0) is 0 Å². The summed E-state index contributed by atoms with van der Waals surface area (Å²) in [5, 5.41) is 3.36. The number of hydrogen-bond donors (Lipinski definition) is 2. The predicted octanol–water partition coefficient (Wildman–Crippen LogP) is 3.01. The minimum atomic E-state index is 0.496. The van der Waals surface area contributed by atoms with E-state index >= 15 is 0 Å². The van der Waals surface area contributed by atoms with Gasteiger partial charge in [-0.2, -0.15) is 4.98 Å². The lowest BCUT2D eigenvalue weighted by Gasteiger charge is -2.09. The largest absolute Gasteiger partial charge is 0.424 e. The molecule has 1 heterocycles. The second kappa shape index (κ2) is 3.95. The molecule has 1 saturated carbocycles. The van der Waals surface area contributed by atoms with E-state index in [-0.39, 0.29) is 0 Å². The summed E-state index contributed by atoms with van der Waals surface area (Å²) in [6.45, 7) is 2.29. The van der Waals surface area contributed by atoms with E-state index in [1.54, 1.807) is 0 Å². The van der Waals surface area contributed by atoms with E-state index in [0.29, 0.717) is 17.7 Å². The summed E-state index contributed by atoms with van der Waals surface area (Å²) in [5.41, 5.74) is 8.03. The lowest BCUT2D eigenvalue weighted by molar-refractivity contribution is 0.576. The van der Waals surface area contributed by atoms with Crippen molar-refractivity contribution in [3.05, 3.63) is 18.2 Å². The molecule has 0 amide bonds. The van der Waals surface area contributed by atoms with Gasteiger partial charge in [-0.3, -0.25) is 0 Å². The van der Waals surface area contributed by atoms with Crippen LogP contribution in [0.2, 0.25) is 0 Å². The Morgan fingerprint density at radius 3 is 3.06 bits per heavy atom. The molecule has 1 aliphatic carbocycles. The van der Waals surface area contributed by atoms with Crippen LogP contribution in [0.15, 0.2) is 22.6 Å². The predicted molar refractivity (Wildman–Crippen MR) is 68.8 cm³/mol. The van der Waals surface area contributed by atoms with Crippen LogP contribution in [0.1, 0.15) is 26.2 Å². The normalized spacial score (nSPS) is 24.3. The summed E-state index contributed by atoms with van der Waals surface area (Å²) in [4.78, 5) is 4.40. The number of nitrogens with two attached hydrogens (primary N) is 1. The van der Waals surface area contributed by atoms with E-state index in [1.165, 1.54) is 19.3 Å². The van der Waals surface area contributed by atoms with E-state index in [2.05, 4.69) is 17.2 Å². The topological polar surface area (TPSA) is 64.1 Å². The molecule has 0 radical (unpaired) electrons. The summed E-state index contributed by atoms with van der Waals surface area (Å²) in [5.74, 6) is 0.799. The van der Waals surface area contributed by atoms with Gasteiger partial charge in [0.1, 0.15) is 5.52 Å². The Balaban J connectivity index is 1.81. The van der Waals surface area contributed by atoms with E-state index in [4.69, 9.17) is 10.2 Å². The van der Waals surface area contributed by atoms with E-state index in [0.717, 1.165) is 17.0 Å². The Kier molecular flexibility index (Phi) is 2.42. The zero-order valence-corrected chi connectivity index (χ0v) is 9.94. The first-order valence-corrected chi connectivity index (χ1v) is 6.13. The molecule has 4 heteroatoms. The third-order valence-corrected chi connectivity index (χ3v) is 3.43. The first-order valence-electron chi connectivity index (χ1n) is 6.13. The molecule has 2 atom stereocenters. The fourth-order valence-corrected chi connectivity index (χ4v) is 2.52. The molecule has 90 valence electrons. The molecular weight excluding hydrogens is 214 g/mol. The summed E-state index contributed by atoms with van der Waals surface area (Å²) in [7, 11) is 0. The minimum absolute atomic E-state index is 0.496. The molecule has 3 rings (SSSR count). The maximum atomic E-state index is 5.71. The van der Waals surface area contributed by atoms with E-state index in [9.17, 15) is 0 Å². The van der Waals surface area contributed by atoms with Crippen molar-refractivity contribution in [2.45, 2.75) is 32.2 Å². The second-order valence-electron chi connectivity index (χ2n) is 5.01. The average molecular weight is 231 g/mol. The third kappa shape index (κ3) is 2.07. The monoisotopic (exact) mass is 231 g/mol. The fraction of sp³-hybridized carbons (Fsp3) is 0.462. The number of rotatable bonds is 2. The Morgan fingerprint density at radius 2 is 2.29 bits per heavy atom. The molecule has 0 saturated heterocycles. The highest BCUT2D eigenvalue weighted by atomic mass is 16.4. The second-order valence-corrected chi connectivity index (χ2v) is 5.01. The highest BCUT2D eigenvalue weighted by Gasteiger charge is 2.22. The van der Waals surface area contributed by atoms with Gasteiger partial charge in [0.15, 0.2) is 5.58 Å². The molecular formula is C13H17N3O. The van der Waals surface area contributed by atoms with Crippen molar-refractivity contribution >= 4 is 22.8 Å². The molecule has 0 aliphatic heterocycles. The van der Waals surface area contributed by atoms with Crippen LogP contribution in [0.5, 0.6) is 0 Å². The SMILES string of the molecule is CC1CCC(Nc2nc3cc(N)ccc3o2)C1. The van der Waals surface area contributed by atoms with Crippen molar-refractivity contribution in [2.75, 3.05) is 11.1 Å². The third-order valence-electron chi connectivity index (χ3n) is 3.43. The Labute approximate surface area is 100 Å².